The molecular formula is C21H27F3IN3O2S. The maximum atomic E-state index is 12.5. The van der Waals surface area contributed by atoms with E-state index in [0.717, 1.165) is 10.5 Å². The number of nitrogens with one attached hydrogen (secondary N) is 2. The zero-order valence-electron chi connectivity index (χ0n) is 17.4. The van der Waals surface area contributed by atoms with Gasteiger partial charge in [-0.1, -0.05) is 30.3 Å². The highest BCUT2D eigenvalue weighted by molar-refractivity contribution is 14.0. The fraction of sp³-hybridized carbons (Fsp3) is 0.381. The lowest BCUT2D eigenvalue weighted by molar-refractivity contribution is -0.153. The highest BCUT2D eigenvalue weighted by Gasteiger charge is 2.28. The molecule has 31 heavy (non-hydrogen) atoms. The van der Waals surface area contributed by atoms with Gasteiger partial charge in [-0.2, -0.15) is 13.2 Å². The minimum atomic E-state index is -4.41. The SMILES string of the molecule is CCNC(=NCc1ccc(C)cc1OCC(F)(F)F)NCCS(=O)c1ccccc1.I. The first-order chi connectivity index (χ1) is 14.3. The van der Waals surface area contributed by atoms with E-state index in [1.54, 1.807) is 25.1 Å². The van der Waals surface area contributed by atoms with Crippen molar-refractivity contribution < 1.29 is 22.1 Å². The van der Waals surface area contributed by atoms with Gasteiger partial charge in [-0.05, 0) is 37.6 Å². The molecule has 0 aromatic heterocycles. The first-order valence-corrected chi connectivity index (χ1v) is 10.8. The summed E-state index contributed by atoms with van der Waals surface area (Å²) < 4.78 is 54.8. The Morgan fingerprint density at radius 1 is 1.13 bits per heavy atom. The van der Waals surface area contributed by atoms with Crippen LogP contribution in [0.1, 0.15) is 18.1 Å². The van der Waals surface area contributed by atoms with Crippen LogP contribution in [0, 0.1) is 6.92 Å². The zero-order valence-corrected chi connectivity index (χ0v) is 20.5. The maximum Gasteiger partial charge on any atom is 0.422 e. The Morgan fingerprint density at radius 2 is 1.84 bits per heavy atom. The van der Waals surface area contributed by atoms with E-state index in [4.69, 9.17) is 4.74 Å². The summed E-state index contributed by atoms with van der Waals surface area (Å²) in [5, 5.41) is 6.18. The molecule has 0 saturated carbocycles. The topological polar surface area (TPSA) is 62.7 Å². The van der Waals surface area contributed by atoms with Gasteiger partial charge in [0.25, 0.3) is 0 Å². The van der Waals surface area contributed by atoms with E-state index in [0.29, 0.717) is 30.4 Å². The minimum absolute atomic E-state index is 0. The Kier molecular flexibility index (Phi) is 11.9. The fourth-order valence-electron chi connectivity index (χ4n) is 2.54. The molecule has 172 valence electrons. The summed E-state index contributed by atoms with van der Waals surface area (Å²) in [6, 6.07) is 14.3. The maximum absolute atomic E-state index is 12.5. The molecule has 0 aliphatic rings. The number of ether oxygens (including phenoxy) is 1. The van der Waals surface area contributed by atoms with Gasteiger partial charge in [-0.3, -0.25) is 4.21 Å². The summed E-state index contributed by atoms with van der Waals surface area (Å²) in [7, 11) is -1.13. The van der Waals surface area contributed by atoms with E-state index in [2.05, 4.69) is 15.6 Å². The molecule has 0 saturated heterocycles. The molecule has 1 unspecified atom stereocenters. The predicted octanol–water partition coefficient (Wildman–Crippen LogP) is 4.42. The summed E-state index contributed by atoms with van der Waals surface area (Å²) in [6.45, 7) is 3.52. The lowest BCUT2D eigenvalue weighted by Crippen LogP contribution is -2.39. The van der Waals surface area contributed by atoms with Gasteiger partial charge in [0.2, 0.25) is 0 Å². The molecule has 2 N–H and O–H groups in total. The van der Waals surface area contributed by atoms with E-state index >= 15 is 0 Å². The van der Waals surface area contributed by atoms with Crippen LogP contribution in [0.5, 0.6) is 5.75 Å². The summed E-state index contributed by atoms with van der Waals surface area (Å²) in [4.78, 5) is 5.18. The molecule has 0 fully saturated rings. The van der Waals surface area contributed by atoms with Crippen LogP contribution in [-0.2, 0) is 17.3 Å². The largest absolute Gasteiger partial charge is 0.484 e. The standard InChI is InChI=1S/C21H26F3N3O2S.HI/c1-3-25-20(26-11-12-30(28)18-7-5-4-6-8-18)27-14-17-10-9-16(2)13-19(17)29-15-21(22,23)24;/h4-10,13H,3,11-12,14-15H2,1-2H3,(H2,25,26,27);1H. The van der Waals surface area contributed by atoms with Gasteiger partial charge in [0.1, 0.15) is 5.75 Å². The van der Waals surface area contributed by atoms with Gasteiger partial charge in [0.15, 0.2) is 12.6 Å². The third-order valence-corrected chi connectivity index (χ3v) is 5.32. The van der Waals surface area contributed by atoms with Crippen molar-refractivity contribution in [3.63, 3.8) is 0 Å². The summed E-state index contributed by atoms with van der Waals surface area (Å²) in [5.74, 6) is 1.06. The number of benzene rings is 2. The van der Waals surface area contributed by atoms with Crippen LogP contribution in [0.3, 0.4) is 0 Å². The normalized spacial score (nSPS) is 12.6. The predicted molar refractivity (Wildman–Crippen MR) is 129 cm³/mol. The Morgan fingerprint density at radius 3 is 2.48 bits per heavy atom. The molecular weight excluding hydrogens is 542 g/mol. The summed E-state index contributed by atoms with van der Waals surface area (Å²) >= 11 is 0. The molecule has 0 aliphatic carbocycles. The Hall–Kier alpha value is -1.82. The minimum Gasteiger partial charge on any atom is -0.484 e. The van der Waals surface area contributed by atoms with Crippen molar-refractivity contribution in [3.8, 4) is 5.75 Å². The van der Waals surface area contributed by atoms with Crippen LogP contribution in [0.2, 0.25) is 0 Å². The molecule has 0 heterocycles. The van der Waals surface area contributed by atoms with Crippen molar-refractivity contribution in [3.05, 3.63) is 59.7 Å². The third kappa shape index (κ3) is 10.4. The van der Waals surface area contributed by atoms with Gasteiger partial charge in [0, 0.05) is 29.3 Å². The molecule has 2 aromatic carbocycles. The summed E-state index contributed by atoms with van der Waals surface area (Å²) in [6.07, 6.45) is -4.41. The monoisotopic (exact) mass is 569 g/mol. The highest BCUT2D eigenvalue weighted by Crippen LogP contribution is 2.24. The number of hydrogen-bond donors (Lipinski definition) is 2. The van der Waals surface area contributed by atoms with Crippen LogP contribution >= 0.6 is 24.0 Å². The van der Waals surface area contributed by atoms with Crippen LogP contribution in [0.25, 0.3) is 0 Å². The van der Waals surface area contributed by atoms with E-state index in [9.17, 15) is 17.4 Å². The van der Waals surface area contributed by atoms with E-state index < -0.39 is 23.6 Å². The van der Waals surface area contributed by atoms with Crippen LogP contribution in [0.15, 0.2) is 58.4 Å². The lowest BCUT2D eigenvalue weighted by Gasteiger charge is -2.14. The van der Waals surface area contributed by atoms with Gasteiger partial charge < -0.3 is 15.4 Å². The molecule has 0 radical (unpaired) electrons. The Labute approximate surface area is 200 Å². The molecule has 2 rings (SSSR count). The molecule has 5 nitrogen and oxygen atoms in total. The number of halogens is 4. The van der Waals surface area contributed by atoms with Gasteiger partial charge in [-0.15, -0.1) is 24.0 Å². The van der Waals surface area contributed by atoms with Gasteiger partial charge in [-0.25, -0.2) is 4.99 Å². The molecule has 10 heteroatoms. The smallest absolute Gasteiger partial charge is 0.422 e. The molecule has 0 bridgehead atoms. The molecule has 0 amide bonds. The van der Waals surface area contributed by atoms with Crippen molar-refractivity contribution in [2.45, 2.75) is 31.5 Å². The first kappa shape index (κ1) is 27.2. The number of rotatable bonds is 9. The van der Waals surface area contributed by atoms with Crippen molar-refractivity contribution in [2.75, 3.05) is 25.4 Å². The van der Waals surface area contributed by atoms with E-state index in [-0.39, 0.29) is 36.3 Å². The van der Waals surface area contributed by atoms with Crippen LogP contribution < -0.4 is 15.4 Å². The van der Waals surface area contributed by atoms with Crippen LogP contribution in [0.4, 0.5) is 13.2 Å². The Balaban J connectivity index is 0.00000480. The number of aryl methyl sites for hydroxylation is 1. The molecule has 2 aromatic rings. The second-order valence-electron chi connectivity index (χ2n) is 6.50. The van der Waals surface area contributed by atoms with Gasteiger partial charge in [0.05, 0.1) is 17.3 Å². The average molecular weight is 569 g/mol. The van der Waals surface area contributed by atoms with Crippen molar-refractivity contribution in [1.29, 1.82) is 0 Å². The van der Waals surface area contributed by atoms with Crippen molar-refractivity contribution in [2.24, 2.45) is 4.99 Å². The molecule has 0 aliphatic heterocycles. The van der Waals surface area contributed by atoms with E-state index in [1.807, 2.05) is 37.3 Å². The fourth-order valence-corrected chi connectivity index (χ4v) is 3.53. The zero-order chi connectivity index (χ0) is 22.0. The number of nitrogens with zero attached hydrogens (tertiary/aromatic N) is 1. The number of aliphatic imine (C=N–C) groups is 1. The highest BCUT2D eigenvalue weighted by atomic mass is 127. The lowest BCUT2D eigenvalue weighted by atomic mass is 10.1. The van der Waals surface area contributed by atoms with Crippen molar-refractivity contribution in [1.82, 2.24) is 10.6 Å². The number of guanidine groups is 1. The van der Waals surface area contributed by atoms with Gasteiger partial charge >= 0.3 is 6.18 Å². The molecule has 0 spiro atoms. The van der Waals surface area contributed by atoms with E-state index in [1.165, 1.54) is 0 Å². The summed E-state index contributed by atoms with van der Waals surface area (Å²) in [5.41, 5.74) is 1.35. The Bertz CT molecular complexity index is 865. The second-order valence-corrected chi connectivity index (χ2v) is 8.07. The average Bonchev–Trinajstić information content (AvgIpc) is 2.71. The quantitative estimate of drug-likeness (QED) is 0.267. The number of hydrogen-bond acceptors (Lipinski definition) is 3. The second kappa shape index (κ2) is 13.6. The third-order valence-electron chi connectivity index (χ3n) is 3.95. The first-order valence-electron chi connectivity index (χ1n) is 9.53. The molecule has 1 atom stereocenters. The number of alkyl halides is 3. The van der Waals surface area contributed by atoms with Crippen molar-refractivity contribution >= 4 is 40.7 Å². The van der Waals surface area contributed by atoms with Crippen LogP contribution in [-0.4, -0.2) is 41.8 Å².